The number of nitrogen functional groups attached to an aromatic ring is 1. The molecule has 1 unspecified atom stereocenters. The van der Waals surface area contributed by atoms with E-state index in [0.29, 0.717) is 11.8 Å². The monoisotopic (exact) mass is 316 g/mol. The van der Waals surface area contributed by atoms with Gasteiger partial charge in [-0.05, 0) is 35.7 Å². The molecule has 0 fully saturated rings. The van der Waals surface area contributed by atoms with Crippen molar-refractivity contribution in [1.82, 2.24) is 9.97 Å². The lowest BCUT2D eigenvalue weighted by atomic mass is 10.1. The maximum Gasteiger partial charge on any atom is 0.240 e. The Kier molecular flexibility index (Phi) is 6.97. The van der Waals surface area contributed by atoms with Gasteiger partial charge in [0.25, 0.3) is 0 Å². The third-order valence-electron chi connectivity index (χ3n) is 2.62. The van der Waals surface area contributed by atoms with E-state index in [1.165, 1.54) is 25.7 Å². The van der Waals surface area contributed by atoms with Gasteiger partial charge in [0.05, 0.1) is 16.8 Å². The number of hydrogen-bond donors (Lipinski definition) is 2. The standard InChI is InChI=1S/C12H21BrN4O/c1-3-4-5-6-7-9(2)18-11-10(13)8-15-12(16-11)17-14/h8-9H,3-7,14H2,1-2H3,(H,15,16,17). The molecule has 102 valence electrons. The van der Waals surface area contributed by atoms with E-state index in [1.54, 1.807) is 6.20 Å². The second-order valence-corrected chi connectivity index (χ2v) is 5.12. The summed E-state index contributed by atoms with van der Waals surface area (Å²) in [7, 11) is 0. The zero-order valence-electron chi connectivity index (χ0n) is 10.9. The maximum absolute atomic E-state index is 5.77. The molecule has 3 N–H and O–H groups in total. The summed E-state index contributed by atoms with van der Waals surface area (Å²) in [6.45, 7) is 4.26. The summed E-state index contributed by atoms with van der Waals surface area (Å²) in [4.78, 5) is 8.14. The Labute approximate surface area is 117 Å². The number of unbranched alkanes of at least 4 members (excludes halogenated alkanes) is 3. The number of halogens is 1. The molecular weight excluding hydrogens is 296 g/mol. The van der Waals surface area contributed by atoms with Crippen LogP contribution in [0.15, 0.2) is 10.7 Å². The van der Waals surface area contributed by atoms with Crippen molar-refractivity contribution >= 4 is 21.9 Å². The predicted molar refractivity (Wildman–Crippen MR) is 76.4 cm³/mol. The minimum atomic E-state index is 0.138. The van der Waals surface area contributed by atoms with Gasteiger partial charge < -0.3 is 4.74 Å². The molecule has 1 atom stereocenters. The molecule has 0 amide bonds. The number of nitrogens with one attached hydrogen (secondary N) is 1. The van der Waals surface area contributed by atoms with Gasteiger partial charge in [0.15, 0.2) is 0 Å². The molecule has 0 bridgehead atoms. The lowest BCUT2D eigenvalue weighted by Crippen LogP contribution is -2.15. The van der Waals surface area contributed by atoms with Crippen molar-refractivity contribution in [3.05, 3.63) is 10.7 Å². The topological polar surface area (TPSA) is 73.1 Å². The lowest BCUT2D eigenvalue weighted by molar-refractivity contribution is 0.196. The number of rotatable bonds is 8. The van der Waals surface area contributed by atoms with Crippen LogP contribution in [0, 0.1) is 0 Å². The van der Waals surface area contributed by atoms with Gasteiger partial charge in [0, 0.05) is 0 Å². The van der Waals surface area contributed by atoms with Gasteiger partial charge in [-0.25, -0.2) is 10.8 Å². The highest BCUT2D eigenvalue weighted by Crippen LogP contribution is 2.24. The number of hydrogen-bond acceptors (Lipinski definition) is 5. The van der Waals surface area contributed by atoms with Crippen LogP contribution in [-0.4, -0.2) is 16.1 Å². The van der Waals surface area contributed by atoms with E-state index in [0.717, 1.165) is 10.9 Å². The fourth-order valence-electron chi connectivity index (χ4n) is 1.61. The maximum atomic E-state index is 5.77. The van der Waals surface area contributed by atoms with Gasteiger partial charge in [-0.1, -0.05) is 26.2 Å². The van der Waals surface area contributed by atoms with E-state index in [2.05, 4.69) is 45.2 Å². The fraction of sp³-hybridized carbons (Fsp3) is 0.667. The highest BCUT2D eigenvalue weighted by atomic mass is 79.9. The largest absolute Gasteiger partial charge is 0.474 e. The highest BCUT2D eigenvalue weighted by molar-refractivity contribution is 9.10. The molecule has 1 rings (SSSR count). The van der Waals surface area contributed by atoms with Crippen LogP contribution in [0.5, 0.6) is 5.88 Å². The second-order valence-electron chi connectivity index (χ2n) is 4.27. The van der Waals surface area contributed by atoms with E-state index in [1.807, 2.05) is 0 Å². The van der Waals surface area contributed by atoms with Crippen molar-refractivity contribution < 1.29 is 4.74 Å². The highest BCUT2D eigenvalue weighted by Gasteiger charge is 2.10. The third-order valence-corrected chi connectivity index (χ3v) is 3.16. The Balaban J connectivity index is 2.45. The number of aromatic nitrogens is 2. The van der Waals surface area contributed by atoms with Crippen molar-refractivity contribution in [3.8, 4) is 5.88 Å². The minimum Gasteiger partial charge on any atom is -0.474 e. The first-order valence-corrected chi connectivity index (χ1v) is 7.12. The Bertz CT molecular complexity index is 362. The van der Waals surface area contributed by atoms with Crippen LogP contribution in [0.2, 0.25) is 0 Å². The summed E-state index contributed by atoms with van der Waals surface area (Å²) in [6.07, 6.45) is 7.76. The normalized spacial score (nSPS) is 12.2. The molecule has 0 saturated carbocycles. The molecule has 1 heterocycles. The van der Waals surface area contributed by atoms with Gasteiger partial charge in [0.2, 0.25) is 11.8 Å². The molecule has 5 nitrogen and oxygen atoms in total. The Morgan fingerprint density at radius 3 is 2.89 bits per heavy atom. The number of anilines is 1. The smallest absolute Gasteiger partial charge is 0.240 e. The quantitative estimate of drug-likeness (QED) is 0.437. The van der Waals surface area contributed by atoms with Crippen LogP contribution in [0.25, 0.3) is 0 Å². The Hall–Kier alpha value is -0.880. The molecule has 18 heavy (non-hydrogen) atoms. The van der Waals surface area contributed by atoms with Crippen LogP contribution in [-0.2, 0) is 0 Å². The van der Waals surface area contributed by atoms with Crippen LogP contribution < -0.4 is 16.0 Å². The van der Waals surface area contributed by atoms with Crippen molar-refractivity contribution in [3.63, 3.8) is 0 Å². The van der Waals surface area contributed by atoms with Crippen LogP contribution in [0.4, 0.5) is 5.95 Å². The molecule has 6 heteroatoms. The van der Waals surface area contributed by atoms with Gasteiger partial charge in [-0.3, -0.25) is 5.43 Å². The first-order valence-electron chi connectivity index (χ1n) is 6.33. The van der Waals surface area contributed by atoms with E-state index in [9.17, 15) is 0 Å². The Morgan fingerprint density at radius 2 is 2.22 bits per heavy atom. The summed E-state index contributed by atoms with van der Waals surface area (Å²) in [5.74, 6) is 6.15. The van der Waals surface area contributed by atoms with Crippen molar-refractivity contribution in [2.75, 3.05) is 5.43 Å². The van der Waals surface area contributed by atoms with Gasteiger partial charge in [-0.15, -0.1) is 0 Å². The van der Waals surface area contributed by atoms with E-state index >= 15 is 0 Å². The van der Waals surface area contributed by atoms with Crippen molar-refractivity contribution in [2.45, 2.75) is 52.1 Å². The van der Waals surface area contributed by atoms with Crippen molar-refractivity contribution in [1.29, 1.82) is 0 Å². The van der Waals surface area contributed by atoms with E-state index in [4.69, 9.17) is 10.6 Å². The minimum absolute atomic E-state index is 0.138. The third kappa shape index (κ3) is 5.18. The number of ether oxygens (including phenoxy) is 1. The van der Waals surface area contributed by atoms with Gasteiger partial charge >= 0.3 is 0 Å². The molecule has 0 aromatic carbocycles. The summed E-state index contributed by atoms with van der Waals surface area (Å²) < 4.78 is 6.51. The average Bonchev–Trinajstić information content (AvgIpc) is 2.37. The van der Waals surface area contributed by atoms with Gasteiger partial charge in [-0.2, -0.15) is 4.98 Å². The van der Waals surface area contributed by atoms with Crippen LogP contribution >= 0.6 is 15.9 Å². The zero-order chi connectivity index (χ0) is 13.4. The number of hydrazine groups is 1. The molecule has 1 aromatic heterocycles. The summed E-state index contributed by atoms with van der Waals surface area (Å²) in [5, 5.41) is 0. The van der Waals surface area contributed by atoms with E-state index in [-0.39, 0.29) is 6.10 Å². The number of nitrogens with two attached hydrogens (primary N) is 1. The average molecular weight is 317 g/mol. The zero-order valence-corrected chi connectivity index (χ0v) is 12.5. The van der Waals surface area contributed by atoms with Gasteiger partial charge in [0.1, 0.15) is 0 Å². The molecular formula is C12H21BrN4O. The molecule has 0 aliphatic rings. The van der Waals surface area contributed by atoms with E-state index < -0.39 is 0 Å². The number of nitrogens with zero attached hydrogens (tertiary/aromatic N) is 2. The predicted octanol–water partition coefficient (Wildman–Crippen LogP) is 3.26. The first-order chi connectivity index (χ1) is 8.67. The summed E-state index contributed by atoms with van der Waals surface area (Å²) in [5.41, 5.74) is 2.40. The first kappa shape index (κ1) is 15.2. The molecule has 0 saturated heterocycles. The Morgan fingerprint density at radius 1 is 1.44 bits per heavy atom. The summed E-state index contributed by atoms with van der Waals surface area (Å²) in [6, 6.07) is 0. The molecule has 0 radical (unpaired) electrons. The molecule has 0 aliphatic heterocycles. The second kappa shape index (κ2) is 8.26. The summed E-state index contributed by atoms with van der Waals surface area (Å²) >= 11 is 3.36. The van der Waals surface area contributed by atoms with Crippen molar-refractivity contribution in [2.24, 2.45) is 5.84 Å². The molecule has 0 spiro atoms. The molecule has 0 aliphatic carbocycles. The fourth-order valence-corrected chi connectivity index (χ4v) is 1.90. The lowest BCUT2D eigenvalue weighted by Gasteiger charge is -2.15. The SMILES string of the molecule is CCCCCCC(C)Oc1nc(NN)ncc1Br. The molecule has 1 aromatic rings. The van der Waals surface area contributed by atoms with Crippen LogP contribution in [0.3, 0.4) is 0 Å². The van der Waals surface area contributed by atoms with Crippen LogP contribution in [0.1, 0.15) is 46.0 Å².